The first kappa shape index (κ1) is 30.8. The average Bonchev–Trinajstić information content (AvgIpc) is 2.89. The third-order valence-electron chi connectivity index (χ3n) is 5.99. The first-order valence-electron chi connectivity index (χ1n) is 12.2. The summed E-state index contributed by atoms with van der Waals surface area (Å²) in [6.45, 7) is 6.37. The summed E-state index contributed by atoms with van der Waals surface area (Å²) in [5, 5.41) is 3.77. The van der Waals surface area contributed by atoms with Crippen molar-refractivity contribution in [1.29, 1.82) is 0 Å². The Labute approximate surface area is 244 Å². The second kappa shape index (κ2) is 13.0. The predicted molar refractivity (Wildman–Crippen MR) is 157 cm³/mol. The number of rotatable bonds is 10. The summed E-state index contributed by atoms with van der Waals surface area (Å²) in [7, 11) is -4.18. The summed E-state index contributed by atoms with van der Waals surface area (Å²) in [6.07, 6.45) is 0. The van der Waals surface area contributed by atoms with Crippen LogP contribution in [-0.4, -0.2) is 43.8 Å². The zero-order valence-corrected chi connectivity index (χ0v) is 25.1. The van der Waals surface area contributed by atoms with Gasteiger partial charge in [-0.25, -0.2) is 8.42 Å². The van der Waals surface area contributed by atoms with Gasteiger partial charge in [-0.05, 0) is 75.2 Å². The van der Waals surface area contributed by atoms with Crippen molar-refractivity contribution in [2.45, 2.75) is 51.2 Å². The lowest BCUT2D eigenvalue weighted by Gasteiger charge is -2.32. The predicted octanol–water partition coefficient (Wildman–Crippen LogP) is 6.09. The maximum absolute atomic E-state index is 13.9. The van der Waals surface area contributed by atoms with Crippen molar-refractivity contribution < 1.29 is 18.0 Å². The fourth-order valence-electron chi connectivity index (χ4n) is 3.91. The molecule has 0 saturated heterocycles. The highest BCUT2D eigenvalue weighted by Gasteiger charge is 2.33. The van der Waals surface area contributed by atoms with Crippen LogP contribution >= 0.6 is 34.8 Å². The number of anilines is 1. The number of hydrogen-bond acceptors (Lipinski definition) is 4. The van der Waals surface area contributed by atoms with Crippen LogP contribution in [0.2, 0.25) is 15.1 Å². The van der Waals surface area contributed by atoms with Gasteiger partial charge in [-0.15, -0.1) is 0 Å². The van der Waals surface area contributed by atoms with Crippen LogP contribution in [0.25, 0.3) is 0 Å². The molecule has 39 heavy (non-hydrogen) atoms. The Balaban J connectivity index is 2.07. The molecule has 0 heterocycles. The minimum absolute atomic E-state index is 0.00381. The lowest BCUT2D eigenvalue weighted by molar-refractivity contribution is -0.139. The minimum atomic E-state index is -4.18. The Kier molecular flexibility index (Phi) is 10.3. The molecule has 0 unspecified atom stereocenters. The van der Waals surface area contributed by atoms with Gasteiger partial charge in [0.15, 0.2) is 0 Å². The molecule has 0 radical (unpaired) electrons. The highest BCUT2D eigenvalue weighted by atomic mass is 35.5. The first-order chi connectivity index (χ1) is 18.3. The quantitative estimate of drug-likeness (QED) is 0.301. The van der Waals surface area contributed by atoms with Gasteiger partial charge in [0.25, 0.3) is 10.0 Å². The molecule has 0 aromatic heterocycles. The summed E-state index contributed by atoms with van der Waals surface area (Å²) < 4.78 is 28.7. The summed E-state index contributed by atoms with van der Waals surface area (Å²) >= 11 is 18.5. The molecule has 0 aliphatic heterocycles. The zero-order valence-electron chi connectivity index (χ0n) is 22.0. The number of amides is 2. The lowest BCUT2D eigenvalue weighted by Crippen LogP contribution is -2.52. The van der Waals surface area contributed by atoms with Gasteiger partial charge in [0.2, 0.25) is 11.8 Å². The fourth-order valence-corrected chi connectivity index (χ4v) is 5.89. The Morgan fingerprint density at radius 2 is 1.56 bits per heavy atom. The molecule has 7 nitrogen and oxygen atoms in total. The molecule has 11 heteroatoms. The second-order valence-electron chi connectivity index (χ2n) is 9.36. The summed E-state index contributed by atoms with van der Waals surface area (Å²) in [5.74, 6) is -0.971. The Morgan fingerprint density at radius 1 is 0.897 bits per heavy atom. The number of carbonyl (C=O) groups excluding carboxylic acids is 2. The van der Waals surface area contributed by atoms with Crippen LogP contribution in [0.5, 0.6) is 0 Å². The molecule has 3 aromatic carbocycles. The van der Waals surface area contributed by atoms with Crippen molar-refractivity contribution in [3.05, 3.63) is 92.9 Å². The standard InChI is InChI=1S/C28H30Cl3N3O4S/c1-18(2)32-28(36)20(4)33(16-21-11-13-24(30)25(31)14-21)27(35)17-34(26-15-22(29)12-10-19(26)3)39(37,38)23-8-6-5-7-9-23/h5-15,18,20H,16-17H2,1-4H3,(H,32,36)/t20-/m1/s1. The van der Waals surface area contributed by atoms with Gasteiger partial charge >= 0.3 is 0 Å². The topological polar surface area (TPSA) is 86.8 Å². The highest BCUT2D eigenvalue weighted by molar-refractivity contribution is 7.92. The SMILES string of the molecule is Cc1ccc(Cl)cc1N(CC(=O)N(Cc1ccc(Cl)c(Cl)c1)[C@H](C)C(=O)NC(C)C)S(=O)(=O)c1ccccc1. The number of nitrogens with one attached hydrogen (secondary N) is 1. The molecule has 3 rings (SSSR count). The number of aryl methyl sites for hydroxylation is 1. The van der Waals surface area contributed by atoms with E-state index in [0.29, 0.717) is 26.2 Å². The van der Waals surface area contributed by atoms with Gasteiger partial charge in [-0.3, -0.25) is 13.9 Å². The van der Waals surface area contributed by atoms with E-state index in [1.807, 2.05) is 13.8 Å². The third kappa shape index (κ3) is 7.66. The van der Waals surface area contributed by atoms with Gasteiger partial charge in [0.05, 0.1) is 20.6 Å². The molecule has 208 valence electrons. The molecular weight excluding hydrogens is 581 g/mol. The lowest BCUT2D eigenvalue weighted by atomic mass is 10.1. The number of sulfonamides is 1. The van der Waals surface area contributed by atoms with E-state index in [2.05, 4.69) is 5.32 Å². The molecule has 3 aromatic rings. The van der Waals surface area contributed by atoms with Gasteiger partial charge in [-0.1, -0.05) is 65.1 Å². The average molecular weight is 611 g/mol. The van der Waals surface area contributed by atoms with Crippen molar-refractivity contribution in [3.63, 3.8) is 0 Å². The van der Waals surface area contributed by atoms with Crippen LogP contribution in [0.4, 0.5) is 5.69 Å². The van der Waals surface area contributed by atoms with Gasteiger partial charge in [-0.2, -0.15) is 0 Å². The number of carbonyl (C=O) groups is 2. The number of benzene rings is 3. The maximum atomic E-state index is 13.9. The second-order valence-corrected chi connectivity index (χ2v) is 12.5. The molecular formula is C28H30Cl3N3O4S. The van der Waals surface area contributed by atoms with Crippen LogP contribution in [0.1, 0.15) is 31.9 Å². The van der Waals surface area contributed by atoms with E-state index in [1.165, 1.54) is 23.1 Å². The van der Waals surface area contributed by atoms with Crippen molar-refractivity contribution >= 4 is 62.3 Å². The molecule has 2 amide bonds. The van der Waals surface area contributed by atoms with Gasteiger partial charge in [0, 0.05) is 17.6 Å². The molecule has 0 aliphatic carbocycles. The number of halogens is 3. The first-order valence-corrected chi connectivity index (χ1v) is 14.8. The van der Waals surface area contributed by atoms with E-state index in [4.69, 9.17) is 34.8 Å². The van der Waals surface area contributed by atoms with E-state index >= 15 is 0 Å². The summed E-state index contributed by atoms with van der Waals surface area (Å²) in [5.41, 5.74) is 1.49. The maximum Gasteiger partial charge on any atom is 0.264 e. The van der Waals surface area contributed by atoms with Crippen LogP contribution in [0, 0.1) is 6.92 Å². The van der Waals surface area contributed by atoms with Crippen molar-refractivity contribution in [2.75, 3.05) is 10.8 Å². The van der Waals surface area contributed by atoms with Crippen LogP contribution in [0.15, 0.2) is 71.6 Å². The smallest absolute Gasteiger partial charge is 0.264 e. The Hall–Kier alpha value is -2.78. The Bertz CT molecular complexity index is 1450. The molecule has 0 aliphatic rings. The normalized spacial score (nSPS) is 12.2. The van der Waals surface area contributed by atoms with Gasteiger partial charge in [0.1, 0.15) is 12.6 Å². The van der Waals surface area contributed by atoms with E-state index < -0.39 is 28.5 Å². The fraction of sp³-hybridized carbons (Fsp3) is 0.286. The largest absolute Gasteiger partial charge is 0.352 e. The van der Waals surface area contributed by atoms with Crippen molar-refractivity contribution in [1.82, 2.24) is 10.2 Å². The van der Waals surface area contributed by atoms with Crippen molar-refractivity contribution in [2.24, 2.45) is 0 Å². The highest BCUT2D eigenvalue weighted by Crippen LogP contribution is 2.30. The third-order valence-corrected chi connectivity index (χ3v) is 8.73. The molecule has 0 spiro atoms. The zero-order chi connectivity index (χ0) is 28.9. The monoisotopic (exact) mass is 609 g/mol. The number of nitrogens with zero attached hydrogens (tertiary/aromatic N) is 2. The molecule has 1 N–H and O–H groups in total. The van der Waals surface area contributed by atoms with Crippen LogP contribution in [-0.2, 0) is 26.2 Å². The summed E-state index contributed by atoms with van der Waals surface area (Å²) in [4.78, 5) is 28.3. The number of hydrogen-bond donors (Lipinski definition) is 1. The Morgan fingerprint density at radius 3 is 2.18 bits per heavy atom. The molecule has 0 fully saturated rings. The van der Waals surface area contributed by atoms with E-state index in [9.17, 15) is 18.0 Å². The van der Waals surface area contributed by atoms with E-state index in [1.54, 1.807) is 62.4 Å². The van der Waals surface area contributed by atoms with Crippen LogP contribution in [0.3, 0.4) is 0 Å². The molecule has 0 saturated carbocycles. The summed E-state index contributed by atoms with van der Waals surface area (Å²) in [6, 6.07) is 16.5. The van der Waals surface area contributed by atoms with Gasteiger partial charge < -0.3 is 10.2 Å². The molecule has 0 bridgehead atoms. The van der Waals surface area contributed by atoms with E-state index in [-0.39, 0.29) is 29.1 Å². The van der Waals surface area contributed by atoms with E-state index in [0.717, 1.165) is 4.31 Å². The van der Waals surface area contributed by atoms with Crippen LogP contribution < -0.4 is 9.62 Å². The minimum Gasteiger partial charge on any atom is -0.352 e. The van der Waals surface area contributed by atoms with Crippen molar-refractivity contribution in [3.8, 4) is 0 Å². The molecule has 1 atom stereocenters.